The molecule has 0 radical (unpaired) electrons. The van der Waals surface area contributed by atoms with Crippen LogP contribution in [0.4, 0.5) is 5.69 Å². The SMILES string of the molecule is CC[C@@H](C(=O)NC1CCCC1)N(CCc1ccccc1)C(=O)CN(c1ccc(OC)c(Cl)c1)S(C)(=O)=O. The van der Waals surface area contributed by atoms with Crippen molar-refractivity contribution in [3.8, 4) is 5.75 Å². The van der Waals surface area contributed by atoms with Crippen molar-refractivity contribution in [3.63, 3.8) is 0 Å². The normalized spacial score (nSPS) is 14.7. The van der Waals surface area contributed by atoms with Gasteiger partial charge in [-0.15, -0.1) is 0 Å². The second-order valence-electron chi connectivity index (χ2n) is 9.33. The summed E-state index contributed by atoms with van der Waals surface area (Å²) in [5.41, 5.74) is 1.27. The van der Waals surface area contributed by atoms with Crippen LogP contribution in [0.15, 0.2) is 48.5 Å². The molecule has 1 fully saturated rings. The van der Waals surface area contributed by atoms with E-state index in [0.29, 0.717) is 18.6 Å². The zero-order valence-electron chi connectivity index (χ0n) is 21.7. The minimum Gasteiger partial charge on any atom is -0.495 e. The summed E-state index contributed by atoms with van der Waals surface area (Å²) in [6, 6.07) is 13.6. The van der Waals surface area contributed by atoms with E-state index in [1.54, 1.807) is 6.07 Å². The molecule has 8 nitrogen and oxygen atoms in total. The number of sulfonamides is 1. The van der Waals surface area contributed by atoms with Crippen molar-refractivity contribution in [2.24, 2.45) is 0 Å². The molecule has 37 heavy (non-hydrogen) atoms. The van der Waals surface area contributed by atoms with Crippen molar-refractivity contribution in [1.29, 1.82) is 0 Å². The number of ether oxygens (including phenoxy) is 1. The number of amides is 2. The Labute approximate surface area is 225 Å². The number of anilines is 1. The van der Waals surface area contributed by atoms with Gasteiger partial charge in [0.1, 0.15) is 18.3 Å². The van der Waals surface area contributed by atoms with Gasteiger partial charge in [-0.2, -0.15) is 0 Å². The second-order valence-corrected chi connectivity index (χ2v) is 11.6. The predicted octanol–water partition coefficient (Wildman–Crippen LogP) is 4.02. The van der Waals surface area contributed by atoms with Gasteiger partial charge in [0, 0.05) is 12.6 Å². The maximum atomic E-state index is 13.7. The number of hydrogen-bond donors (Lipinski definition) is 1. The lowest BCUT2D eigenvalue weighted by Gasteiger charge is -2.33. The summed E-state index contributed by atoms with van der Waals surface area (Å²) in [5.74, 6) is -0.264. The van der Waals surface area contributed by atoms with E-state index in [1.165, 1.54) is 24.1 Å². The van der Waals surface area contributed by atoms with Crippen LogP contribution in [0.1, 0.15) is 44.6 Å². The van der Waals surface area contributed by atoms with E-state index in [9.17, 15) is 18.0 Å². The third kappa shape index (κ3) is 7.85. The van der Waals surface area contributed by atoms with E-state index in [2.05, 4.69) is 5.32 Å². The quantitative estimate of drug-likeness (QED) is 0.431. The number of benzene rings is 2. The summed E-state index contributed by atoms with van der Waals surface area (Å²) >= 11 is 6.24. The van der Waals surface area contributed by atoms with Gasteiger partial charge in [-0.25, -0.2) is 8.42 Å². The van der Waals surface area contributed by atoms with E-state index in [0.717, 1.165) is 41.8 Å². The summed E-state index contributed by atoms with van der Waals surface area (Å²) in [7, 11) is -2.37. The number of halogens is 1. The molecule has 1 aliphatic rings. The number of nitrogens with zero attached hydrogens (tertiary/aromatic N) is 2. The monoisotopic (exact) mass is 549 g/mol. The van der Waals surface area contributed by atoms with E-state index in [4.69, 9.17) is 16.3 Å². The molecule has 1 aliphatic carbocycles. The molecule has 0 spiro atoms. The summed E-state index contributed by atoms with van der Waals surface area (Å²) in [4.78, 5) is 28.5. The van der Waals surface area contributed by atoms with Crippen molar-refractivity contribution in [1.82, 2.24) is 10.2 Å². The average molecular weight is 550 g/mol. The molecule has 2 aromatic rings. The number of carbonyl (C=O) groups is 2. The maximum Gasteiger partial charge on any atom is 0.244 e. The number of methoxy groups -OCH3 is 1. The Bertz CT molecular complexity index is 1170. The van der Waals surface area contributed by atoms with E-state index >= 15 is 0 Å². The third-order valence-corrected chi connectivity index (χ3v) is 8.11. The van der Waals surface area contributed by atoms with Crippen LogP contribution in [0.25, 0.3) is 0 Å². The molecule has 10 heteroatoms. The zero-order valence-corrected chi connectivity index (χ0v) is 23.2. The molecule has 3 rings (SSSR count). The van der Waals surface area contributed by atoms with Crippen LogP contribution in [0.3, 0.4) is 0 Å². The Morgan fingerprint density at radius 1 is 1.14 bits per heavy atom. The van der Waals surface area contributed by atoms with E-state index in [1.807, 2.05) is 37.3 Å². The Hall–Kier alpha value is -2.78. The van der Waals surface area contributed by atoms with Gasteiger partial charge in [0.05, 0.1) is 24.1 Å². The Kier molecular flexibility index (Phi) is 10.2. The Morgan fingerprint density at radius 2 is 1.81 bits per heavy atom. The van der Waals surface area contributed by atoms with Crippen LogP contribution in [-0.4, -0.2) is 63.7 Å². The number of carbonyl (C=O) groups excluding carboxylic acids is 2. The summed E-state index contributed by atoms with van der Waals surface area (Å²) < 4.78 is 31.7. The first-order valence-electron chi connectivity index (χ1n) is 12.6. The molecule has 0 heterocycles. The van der Waals surface area contributed by atoms with Gasteiger partial charge in [-0.3, -0.25) is 13.9 Å². The molecule has 202 valence electrons. The first-order chi connectivity index (χ1) is 17.6. The van der Waals surface area contributed by atoms with Crippen LogP contribution in [0, 0.1) is 0 Å². The third-order valence-electron chi connectivity index (χ3n) is 6.67. The number of hydrogen-bond acceptors (Lipinski definition) is 5. The maximum absolute atomic E-state index is 13.7. The molecule has 2 amide bonds. The van der Waals surface area contributed by atoms with E-state index < -0.39 is 28.5 Å². The molecular weight excluding hydrogens is 514 g/mol. The standard InChI is InChI=1S/C27H36ClN3O5S/c1-4-24(27(33)29-21-12-8-9-13-21)30(17-16-20-10-6-5-7-11-20)26(32)19-31(37(3,34)35)22-14-15-25(36-2)23(28)18-22/h5-7,10-11,14-15,18,21,24H,4,8-9,12-13,16-17,19H2,1-3H3,(H,29,33)/t24-/m0/s1. The lowest BCUT2D eigenvalue weighted by atomic mass is 10.1. The van der Waals surface area contributed by atoms with Crippen LogP contribution >= 0.6 is 11.6 Å². The van der Waals surface area contributed by atoms with Gasteiger partial charge in [-0.1, -0.05) is 61.7 Å². The van der Waals surface area contributed by atoms with Gasteiger partial charge < -0.3 is 15.0 Å². The van der Waals surface area contributed by atoms with Gasteiger partial charge >= 0.3 is 0 Å². The van der Waals surface area contributed by atoms with Crippen LogP contribution in [-0.2, 0) is 26.0 Å². The van der Waals surface area contributed by atoms with Crippen molar-refractivity contribution < 1.29 is 22.7 Å². The number of nitrogens with one attached hydrogen (secondary N) is 1. The van der Waals surface area contributed by atoms with Gasteiger partial charge in [0.2, 0.25) is 21.8 Å². The first-order valence-corrected chi connectivity index (χ1v) is 14.8. The fourth-order valence-corrected chi connectivity index (χ4v) is 5.78. The molecule has 0 unspecified atom stereocenters. The molecule has 1 N–H and O–H groups in total. The highest BCUT2D eigenvalue weighted by atomic mass is 35.5. The van der Waals surface area contributed by atoms with Crippen molar-refractivity contribution in [3.05, 3.63) is 59.1 Å². The van der Waals surface area contributed by atoms with E-state index in [-0.39, 0.29) is 29.2 Å². The highest BCUT2D eigenvalue weighted by Crippen LogP contribution is 2.30. The fourth-order valence-electron chi connectivity index (χ4n) is 4.69. The molecule has 1 saturated carbocycles. The topological polar surface area (TPSA) is 96.0 Å². The Balaban J connectivity index is 1.88. The van der Waals surface area contributed by atoms with Gasteiger partial charge in [0.15, 0.2) is 0 Å². The highest BCUT2D eigenvalue weighted by molar-refractivity contribution is 7.92. The molecular formula is C27H36ClN3O5S. The smallest absolute Gasteiger partial charge is 0.244 e. The van der Waals surface area contributed by atoms with Crippen LogP contribution in [0.5, 0.6) is 5.75 Å². The average Bonchev–Trinajstić information content (AvgIpc) is 3.37. The zero-order chi connectivity index (χ0) is 27.0. The fraction of sp³-hybridized carbons (Fsp3) is 0.481. The summed E-state index contributed by atoms with van der Waals surface area (Å²) in [5, 5.41) is 3.33. The second kappa shape index (κ2) is 13.1. The van der Waals surface area contributed by atoms with Crippen LogP contribution < -0.4 is 14.4 Å². The van der Waals surface area contributed by atoms with Crippen molar-refractivity contribution in [2.45, 2.75) is 57.5 Å². The Morgan fingerprint density at radius 3 is 2.38 bits per heavy atom. The minimum absolute atomic E-state index is 0.113. The lowest BCUT2D eigenvalue weighted by Crippen LogP contribution is -2.54. The first kappa shape index (κ1) is 28.8. The van der Waals surface area contributed by atoms with Gasteiger partial charge in [0.25, 0.3) is 0 Å². The number of rotatable bonds is 12. The molecule has 1 atom stereocenters. The summed E-state index contributed by atoms with van der Waals surface area (Å²) in [6.07, 6.45) is 5.99. The van der Waals surface area contributed by atoms with Crippen LogP contribution in [0.2, 0.25) is 5.02 Å². The van der Waals surface area contributed by atoms with Crippen molar-refractivity contribution >= 4 is 39.1 Å². The lowest BCUT2D eigenvalue weighted by molar-refractivity contribution is -0.139. The molecule has 2 aromatic carbocycles. The largest absolute Gasteiger partial charge is 0.495 e. The highest BCUT2D eigenvalue weighted by Gasteiger charge is 2.32. The minimum atomic E-state index is -3.84. The predicted molar refractivity (Wildman–Crippen MR) is 147 cm³/mol. The summed E-state index contributed by atoms with van der Waals surface area (Å²) in [6.45, 7) is 1.68. The molecule has 0 saturated heterocycles. The molecule has 0 aliphatic heterocycles. The van der Waals surface area contributed by atoms with Gasteiger partial charge in [-0.05, 0) is 49.4 Å². The molecule has 0 aromatic heterocycles. The molecule has 0 bridgehead atoms. The van der Waals surface area contributed by atoms with Crippen molar-refractivity contribution in [2.75, 3.05) is 30.8 Å².